The van der Waals surface area contributed by atoms with Crippen molar-refractivity contribution < 1.29 is 35.9 Å². The normalized spacial score (nSPS) is 15.4. The summed E-state index contributed by atoms with van der Waals surface area (Å²) in [7, 11) is 3.50. The third-order valence-electron chi connectivity index (χ3n) is 1.79. The number of hydrogen-bond donors (Lipinski definition) is 1. The van der Waals surface area contributed by atoms with Crippen molar-refractivity contribution in [3.05, 3.63) is 0 Å². The third-order valence-corrected chi connectivity index (χ3v) is 1.79. The van der Waals surface area contributed by atoms with Gasteiger partial charge in [0.25, 0.3) is 0 Å². The van der Waals surface area contributed by atoms with E-state index in [1.165, 1.54) is 21.1 Å². The Kier molecular flexibility index (Phi) is 3.94. The fraction of sp³-hybridized carbons (Fsp3) is 1.00. The van der Waals surface area contributed by atoms with Crippen molar-refractivity contribution in [1.29, 1.82) is 0 Å². The van der Waals surface area contributed by atoms with Crippen LogP contribution in [0.1, 0.15) is 0 Å². The Hall–Kier alpha value is -0.500. The largest absolute Gasteiger partial charge is 0.390 e. The molecule has 0 aromatic carbocycles. The Bertz CT molecular complexity index is 247. The molecular weight excluding hydrogens is 240 g/mol. The molecule has 0 rings (SSSR count). The minimum Gasteiger partial charge on any atom is -0.390 e. The lowest BCUT2D eigenvalue weighted by Crippen LogP contribution is -2.61. The second kappa shape index (κ2) is 4.06. The average Bonchev–Trinajstić information content (AvgIpc) is 1.99. The zero-order valence-electron chi connectivity index (χ0n) is 9.08. The van der Waals surface area contributed by atoms with Gasteiger partial charge in [0.2, 0.25) is 0 Å². The molecule has 0 aliphatic rings. The van der Waals surface area contributed by atoms with Crippen molar-refractivity contribution in [3.8, 4) is 0 Å². The number of aliphatic hydroxyl groups is 1. The van der Waals surface area contributed by atoms with Crippen LogP contribution in [0.4, 0.5) is 26.3 Å². The van der Waals surface area contributed by atoms with Crippen LogP contribution in [-0.4, -0.2) is 61.7 Å². The second-order valence-electron chi connectivity index (χ2n) is 4.59. The molecule has 0 saturated heterocycles. The molecule has 0 amide bonds. The van der Waals surface area contributed by atoms with Gasteiger partial charge in [0, 0.05) is 0 Å². The fourth-order valence-electron chi connectivity index (χ4n) is 1.06. The lowest BCUT2D eigenvalue weighted by Gasteiger charge is -2.35. The van der Waals surface area contributed by atoms with Gasteiger partial charge < -0.3 is 9.59 Å². The van der Waals surface area contributed by atoms with Crippen molar-refractivity contribution in [2.75, 3.05) is 34.3 Å². The summed E-state index contributed by atoms with van der Waals surface area (Å²) in [6.45, 7) is -3.79. The fourth-order valence-corrected chi connectivity index (χ4v) is 1.06. The molecule has 0 spiro atoms. The van der Waals surface area contributed by atoms with Crippen molar-refractivity contribution in [2.45, 2.75) is 17.8 Å². The van der Waals surface area contributed by atoms with E-state index >= 15 is 0 Å². The van der Waals surface area contributed by atoms with E-state index in [-0.39, 0.29) is 0 Å². The Balaban J connectivity index is 5.14. The monoisotopic (exact) mass is 254 g/mol. The smallest absolute Gasteiger partial charge is 0.380 e. The van der Waals surface area contributed by atoms with Crippen LogP contribution < -0.4 is 0 Å². The molecule has 98 valence electrons. The van der Waals surface area contributed by atoms with E-state index in [4.69, 9.17) is 5.11 Å². The molecule has 0 aliphatic heterocycles. The number of aliphatic hydroxyl groups excluding tert-OH is 1. The van der Waals surface area contributed by atoms with Crippen molar-refractivity contribution in [1.82, 2.24) is 0 Å². The van der Waals surface area contributed by atoms with Crippen LogP contribution >= 0.6 is 0 Å². The molecule has 0 aromatic rings. The minimum absolute atomic E-state index is 0.607. The first kappa shape index (κ1) is 15.5. The molecule has 8 heteroatoms. The summed E-state index contributed by atoms with van der Waals surface area (Å²) in [5, 5.41) is 8.02. The molecule has 0 aromatic heterocycles. The zero-order chi connectivity index (χ0) is 13.4. The molecule has 0 aliphatic carbocycles. The molecule has 0 atom stereocenters. The van der Waals surface area contributed by atoms with Gasteiger partial charge in [-0.3, -0.25) is 0 Å². The van der Waals surface area contributed by atoms with Crippen LogP contribution in [0.2, 0.25) is 0 Å². The maximum Gasteiger partial charge on any atom is 0.380 e. The van der Waals surface area contributed by atoms with E-state index < -0.39 is 35.4 Å². The van der Waals surface area contributed by atoms with Crippen LogP contribution in [0.5, 0.6) is 0 Å². The average molecular weight is 254 g/mol. The Morgan fingerprint density at radius 3 is 1.50 bits per heavy atom. The van der Waals surface area contributed by atoms with E-state index in [9.17, 15) is 26.3 Å². The molecule has 0 fully saturated rings. The van der Waals surface area contributed by atoms with Gasteiger partial charge >= 0.3 is 17.8 Å². The molecule has 16 heavy (non-hydrogen) atoms. The van der Waals surface area contributed by atoms with Crippen molar-refractivity contribution in [3.63, 3.8) is 0 Å². The summed E-state index contributed by atoms with van der Waals surface area (Å²) >= 11 is 0. The number of alkyl halides is 6. The van der Waals surface area contributed by atoms with Gasteiger partial charge in [0.1, 0.15) is 13.2 Å². The topological polar surface area (TPSA) is 20.2 Å². The summed E-state index contributed by atoms with van der Waals surface area (Å²) in [4.78, 5) is 0. The highest BCUT2D eigenvalue weighted by atomic mass is 19.3. The highest BCUT2D eigenvalue weighted by Crippen LogP contribution is 2.45. The van der Waals surface area contributed by atoms with Crippen LogP contribution in [-0.2, 0) is 0 Å². The summed E-state index contributed by atoms with van der Waals surface area (Å²) in [6.07, 6.45) is 0. The first-order chi connectivity index (χ1) is 6.77. The zero-order valence-corrected chi connectivity index (χ0v) is 9.08. The molecule has 1 N–H and O–H groups in total. The summed E-state index contributed by atoms with van der Waals surface area (Å²) < 4.78 is 76.1. The van der Waals surface area contributed by atoms with Gasteiger partial charge in [-0.1, -0.05) is 0 Å². The third kappa shape index (κ3) is 3.00. The van der Waals surface area contributed by atoms with Gasteiger partial charge in [-0.2, -0.15) is 26.3 Å². The number of hydrogen-bond acceptors (Lipinski definition) is 1. The highest BCUT2D eigenvalue weighted by Gasteiger charge is 2.72. The van der Waals surface area contributed by atoms with Crippen LogP contribution in [0, 0.1) is 0 Å². The number of halogens is 6. The van der Waals surface area contributed by atoms with E-state index in [1.54, 1.807) is 0 Å². The van der Waals surface area contributed by atoms with Gasteiger partial charge in [0.15, 0.2) is 0 Å². The summed E-state index contributed by atoms with van der Waals surface area (Å²) in [5.74, 6) is -15.6. The van der Waals surface area contributed by atoms with Gasteiger partial charge in [-0.15, -0.1) is 0 Å². The van der Waals surface area contributed by atoms with Gasteiger partial charge in [-0.25, -0.2) is 0 Å². The lowest BCUT2D eigenvalue weighted by atomic mass is 10.0. The van der Waals surface area contributed by atoms with Crippen LogP contribution in [0.15, 0.2) is 0 Å². The van der Waals surface area contributed by atoms with Gasteiger partial charge in [-0.05, 0) is 0 Å². The van der Waals surface area contributed by atoms with Crippen molar-refractivity contribution in [2.24, 2.45) is 0 Å². The number of quaternary nitrogens is 1. The van der Waals surface area contributed by atoms with E-state index in [0.29, 0.717) is 0 Å². The minimum atomic E-state index is -5.58. The second-order valence-corrected chi connectivity index (χ2v) is 4.59. The summed E-state index contributed by atoms with van der Waals surface area (Å²) in [6, 6.07) is 0. The Labute approximate surface area is 89.1 Å². The number of nitrogens with zero attached hydrogens (tertiary/aromatic N) is 1. The van der Waals surface area contributed by atoms with E-state index in [2.05, 4.69) is 0 Å². The van der Waals surface area contributed by atoms with Crippen LogP contribution in [0.25, 0.3) is 0 Å². The standard InChI is InChI=1S/C8H14F6NO/c1-15(2,3)4-6(9,10)8(13,14)7(11,12)5-16/h16H,4-5H2,1-3H3/q+1. The molecule has 0 radical (unpaired) electrons. The van der Waals surface area contributed by atoms with Crippen LogP contribution in [0.3, 0.4) is 0 Å². The molecule has 0 saturated carbocycles. The first-order valence-corrected chi connectivity index (χ1v) is 4.32. The molecular formula is C8H14F6NO+. The molecule has 0 heterocycles. The summed E-state index contributed by atoms with van der Waals surface area (Å²) in [5.41, 5.74) is 0. The number of rotatable bonds is 5. The maximum absolute atomic E-state index is 13.0. The highest BCUT2D eigenvalue weighted by molar-refractivity contribution is 4.96. The first-order valence-electron chi connectivity index (χ1n) is 4.32. The van der Waals surface area contributed by atoms with E-state index in [0.717, 1.165) is 0 Å². The maximum atomic E-state index is 13.0. The van der Waals surface area contributed by atoms with Gasteiger partial charge in [0.05, 0.1) is 21.1 Å². The Morgan fingerprint density at radius 1 is 0.875 bits per heavy atom. The SMILES string of the molecule is C[N+](C)(C)CC(F)(F)C(F)(F)C(F)(F)CO. The predicted molar refractivity (Wildman–Crippen MR) is 44.8 cm³/mol. The molecule has 0 unspecified atom stereocenters. The van der Waals surface area contributed by atoms with Crippen molar-refractivity contribution >= 4 is 0 Å². The molecule has 0 bridgehead atoms. The quantitative estimate of drug-likeness (QED) is 0.583. The lowest BCUT2D eigenvalue weighted by molar-refractivity contribution is -0.880. The predicted octanol–water partition coefficient (Wildman–Crippen LogP) is 1.59. The molecule has 2 nitrogen and oxygen atoms in total. The van der Waals surface area contributed by atoms with E-state index in [1.807, 2.05) is 0 Å². The Morgan fingerprint density at radius 2 is 1.25 bits per heavy atom.